The summed E-state index contributed by atoms with van der Waals surface area (Å²) in [5, 5.41) is 3.06. The van der Waals surface area contributed by atoms with Gasteiger partial charge in [0.15, 0.2) is 0 Å². The van der Waals surface area contributed by atoms with Crippen molar-refractivity contribution < 1.29 is 27.4 Å². The number of halogens is 3. The highest BCUT2D eigenvalue weighted by Gasteiger charge is 2.36. The van der Waals surface area contributed by atoms with Gasteiger partial charge in [-0.05, 0) is 26.8 Å². The van der Waals surface area contributed by atoms with Crippen molar-refractivity contribution in [3.63, 3.8) is 0 Å². The Morgan fingerprint density at radius 2 is 1.95 bits per heavy atom. The predicted octanol–water partition coefficient (Wildman–Crippen LogP) is 2.67. The molecule has 4 nitrogen and oxygen atoms in total. The van der Waals surface area contributed by atoms with Gasteiger partial charge in [0.05, 0.1) is 26.2 Å². The number of methoxy groups -OCH3 is 1. The van der Waals surface area contributed by atoms with E-state index in [-0.39, 0.29) is 6.42 Å². The lowest BCUT2D eigenvalue weighted by Crippen LogP contribution is -2.52. The second-order valence-electron chi connectivity index (χ2n) is 5.00. The molecule has 0 aromatic heterocycles. The molecular weight excluding hydrogens is 275 g/mol. The van der Waals surface area contributed by atoms with Crippen LogP contribution in [0.1, 0.15) is 40.0 Å². The van der Waals surface area contributed by atoms with Gasteiger partial charge in [0.2, 0.25) is 0 Å². The van der Waals surface area contributed by atoms with E-state index < -0.39 is 36.8 Å². The van der Waals surface area contributed by atoms with Crippen LogP contribution in [0, 0.1) is 0 Å². The maximum atomic E-state index is 12.0. The highest BCUT2D eigenvalue weighted by atomic mass is 19.4. The molecule has 120 valence electrons. The van der Waals surface area contributed by atoms with Crippen molar-refractivity contribution in [1.82, 2.24) is 5.32 Å². The Kier molecular flexibility index (Phi) is 8.12. The average Bonchev–Trinajstić information content (AvgIpc) is 2.33. The molecule has 0 saturated carbocycles. The number of esters is 1. The zero-order chi connectivity index (χ0) is 15.8. The number of ether oxygens (including phenoxy) is 2. The molecule has 0 aliphatic rings. The van der Waals surface area contributed by atoms with Crippen LogP contribution in [0.4, 0.5) is 13.2 Å². The van der Waals surface area contributed by atoms with Crippen LogP contribution in [-0.4, -0.2) is 44.0 Å². The summed E-state index contributed by atoms with van der Waals surface area (Å²) in [6.45, 7) is 5.47. The van der Waals surface area contributed by atoms with Crippen LogP contribution >= 0.6 is 0 Å². The van der Waals surface area contributed by atoms with Crippen LogP contribution in [0.2, 0.25) is 0 Å². The van der Waals surface area contributed by atoms with E-state index in [2.05, 4.69) is 5.32 Å². The van der Waals surface area contributed by atoms with Gasteiger partial charge in [0.1, 0.15) is 5.54 Å². The zero-order valence-electron chi connectivity index (χ0n) is 12.5. The summed E-state index contributed by atoms with van der Waals surface area (Å²) in [6.07, 6.45) is -4.63. The van der Waals surface area contributed by atoms with E-state index in [1.165, 1.54) is 7.11 Å². The van der Waals surface area contributed by atoms with Crippen LogP contribution in [-0.2, 0) is 14.3 Å². The molecule has 7 heteroatoms. The Hall–Kier alpha value is -0.820. The van der Waals surface area contributed by atoms with E-state index >= 15 is 0 Å². The van der Waals surface area contributed by atoms with Gasteiger partial charge in [0, 0.05) is 6.42 Å². The maximum absolute atomic E-state index is 12.0. The maximum Gasteiger partial charge on any atom is 0.391 e. The van der Waals surface area contributed by atoms with Crippen molar-refractivity contribution in [1.29, 1.82) is 0 Å². The molecule has 1 N–H and O–H groups in total. The largest absolute Gasteiger partial charge is 0.468 e. The quantitative estimate of drug-likeness (QED) is 0.665. The summed E-state index contributed by atoms with van der Waals surface area (Å²) in [4.78, 5) is 11.8. The molecule has 2 unspecified atom stereocenters. The number of rotatable bonds is 9. The number of alkyl halides is 3. The summed E-state index contributed by atoms with van der Waals surface area (Å²) < 4.78 is 45.9. The molecule has 0 spiro atoms. The molecule has 0 heterocycles. The van der Waals surface area contributed by atoms with Gasteiger partial charge in [-0.1, -0.05) is 6.92 Å². The van der Waals surface area contributed by atoms with Gasteiger partial charge >= 0.3 is 12.1 Å². The Balaban J connectivity index is 4.38. The third-order valence-electron chi connectivity index (χ3n) is 2.88. The number of hydrogen-bond donors (Lipinski definition) is 1. The van der Waals surface area contributed by atoms with E-state index in [0.29, 0.717) is 6.54 Å². The molecule has 0 bridgehead atoms. The van der Waals surface area contributed by atoms with E-state index in [1.54, 1.807) is 13.8 Å². The Morgan fingerprint density at radius 3 is 2.40 bits per heavy atom. The Bertz CT molecular complexity index is 297. The fourth-order valence-electron chi connectivity index (χ4n) is 1.86. The highest BCUT2D eigenvalue weighted by molar-refractivity contribution is 5.80. The number of hydrogen-bond acceptors (Lipinski definition) is 4. The smallest absolute Gasteiger partial charge is 0.391 e. The molecule has 0 rings (SSSR count). The minimum absolute atomic E-state index is 0.248. The fourth-order valence-corrected chi connectivity index (χ4v) is 1.86. The fraction of sp³-hybridized carbons (Fsp3) is 0.923. The van der Waals surface area contributed by atoms with Crippen LogP contribution in [0.25, 0.3) is 0 Å². The molecule has 0 aliphatic carbocycles. The van der Waals surface area contributed by atoms with Gasteiger partial charge in [-0.3, -0.25) is 4.79 Å². The topological polar surface area (TPSA) is 47.6 Å². The lowest BCUT2D eigenvalue weighted by molar-refractivity contribution is -0.155. The summed E-state index contributed by atoms with van der Waals surface area (Å²) in [5.41, 5.74) is -0.956. The van der Waals surface area contributed by atoms with E-state index in [4.69, 9.17) is 9.47 Å². The van der Waals surface area contributed by atoms with Crippen molar-refractivity contribution in [2.24, 2.45) is 0 Å². The zero-order valence-corrected chi connectivity index (χ0v) is 12.5. The normalized spacial score (nSPS) is 16.6. The summed E-state index contributed by atoms with van der Waals surface area (Å²) in [5.74, 6) is -0.447. The minimum atomic E-state index is -4.23. The molecule has 20 heavy (non-hydrogen) atoms. The van der Waals surface area contributed by atoms with Gasteiger partial charge in [-0.25, -0.2) is 0 Å². The summed E-state index contributed by atoms with van der Waals surface area (Å²) in [7, 11) is 1.28. The molecule has 0 aromatic carbocycles. The SMILES string of the molecule is CCCNC(C)(CC(C)OCCC(F)(F)F)C(=O)OC. The van der Waals surface area contributed by atoms with Crippen molar-refractivity contribution in [2.45, 2.75) is 57.9 Å². The van der Waals surface area contributed by atoms with Crippen molar-refractivity contribution in [3.8, 4) is 0 Å². The first kappa shape index (κ1) is 19.2. The van der Waals surface area contributed by atoms with Gasteiger partial charge in [-0.15, -0.1) is 0 Å². The predicted molar refractivity (Wildman–Crippen MR) is 69.4 cm³/mol. The number of nitrogens with one attached hydrogen (secondary N) is 1. The van der Waals surface area contributed by atoms with Crippen LogP contribution in [0.3, 0.4) is 0 Å². The Morgan fingerprint density at radius 1 is 1.35 bits per heavy atom. The van der Waals surface area contributed by atoms with E-state index in [1.807, 2.05) is 6.92 Å². The Labute approximate surface area is 118 Å². The first-order valence-electron chi connectivity index (χ1n) is 6.66. The average molecular weight is 299 g/mol. The molecule has 0 saturated heterocycles. The van der Waals surface area contributed by atoms with Crippen molar-refractivity contribution in [3.05, 3.63) is 0 Å². The van der Waals surface area contributed by atoms with Crippen LogP contribution < -0.4 is 5.32 Å². The highest BCUT2D eigenvalue weighted by Crippen LogP contribution is 2.21. The number of carbonyl (C=O) groups is 1. The molecule has 2 atom stereocenters. The lowest BCUT2D eigenvalue weighted by atomic mass is 9.94. The molecule has 0 aliphatic heterocycles. The van der Waals surface area contributed by atoms with E-state index in [0.717, 1.165) is 6.42 Å². The standard InChI is InChI=1S/C13H24F3NO3/c1-5-7-17-12(3,11(18)19-4)9-10(2)20-8-6-13(14,15)16/h10,17H,5-9H2,1-4H3. The molecule has 0 aromatic rings. The third-order valence-corrected chi connectivity index (χ3v) is 2.88. The van der Waals surface area contributed by atoms with Gasteiger partial charge in [0.25, 0.3) is 0 Å². The molecule has 0 fully saturated rings. The van der Waals surface area contributed by atoms with Gasteiger partial charge < -0.3 is 14.8 Å². The summed E-state index contributed by atoms with van der Waals surface area (Å²) in [6, 6.07) is 0. The molecule has 0 amide bonds. The summed E-state index contributed by atoms with van der Waals surface area (Å²) >= 11 is 0. The second kappa shape index (κ2) is 8.46. The first-order valence-corrected chi connectivity index (χ1v) is 6.66. The van der Waals surface area contributed by atoms with Crippen LogP contribution in [0.15, 0.2) is 0 Å². The lowest BCUT2D eigenvalue weighted by Gasteiger charge is -2.30. The number of carbonyl (C=O) groups excluding carboxylic acids is 1. The third kappa shape index (κ3) is 7.69. The van der Waals surface area contributed by atoms with Crippen molar-refractivity contribution >= 4 is 5.97 Å². The van der Waals surface area contributed by atoms with E-state index in [9.17, 15) is 18.0 Å². The monoisotopic (exact) mass is 299 g/mol. The minimum Gasteiger partial charge on any atom is -0.468 e. The molecule has 0 radical (unpaired) electrons. The van der Waals surface area contributed by atoms with Crippen molar-refractivity contribution in [2.75, 3.05) is 20.3 Å². The van der Waals surface area contributed by atoms with Crippen LogP contribution in [0.5, 0.6) is 0 Å². The molecular formula is C13H24F3NO3. The van der Waals surface area contributed by atoms with Gasteiger partial charge in [-0.2, -0.15) is 13.2 Å². The second-order valence-corrected chi connectivity index (χ2v) is 5.00. The first-order chi connectivity index (χ1) is 9.14.